The first-order valence-corrected chi connectivity index (χ1v) is 12.7. The summed E-state index contributed by atoms with van der Waals surface area (Å²) in [6.07, 6.45) is 4.00. The highest BCUT2D eigenvalue weighted by Crippen LogP contribution is 2.43. The molecule has 6 rings (SSSR count). The number of pyridine rings is 1. The standard InChI is InChI=1S/C27H34N4O4/c1-17(2)35-21-7-9-24(33-15-21)26(32)30-13-18-5-4-10-28-25(18)29-22-8-6-19(11-23(22)30)31-16-27(3)12-20(31)14-34-27/h4-6,8,10-11,17,20-21,24H,7,9,12-16H2,1-3H3,(H,28,29)/t20-,21-,24+,27-/m0/s1. The summed E-state index contributed by atoms with van der Waals surface area (Å²) in [5, 5.41) is 3.47. The molecule has 186 valence electrons. The lowest BCUT2D eigenvalue weighted by molar-refractivity contribution is -0.143. The number of carbonyl (C=O) groups is 1. The second-order valence-corrected chi connectivity index (χ2v) is 10.7. The molecule has 8 heteroatoms. The van der Waals surface area contributed by atoms with Crippen LogP contribution < -0.4 is 15.1 Å². The van der Waals surface area contributed by atoms with Gasteiger partial charge in [-0.3, -0.25) is 4.79 Å². The zero-order valence-electron chi connectivity index (χ0n) is 20.7. The van der Waals surface area contributed by atoms with Crippen LogP contribution in [0.4, 0.5) is 22.9 Å². The largest absolute Gasteiger partial charge is 0.373 e. The van der Waals surface area contributed by atoms with Crippen molar-refractivity contribution in [3.63, 3.8) is 0 Å². The zero-order chi connectivity index (χ0) is 24.2. The Morgan fingerprint density at radius 2 is 2.14 bits per heavy atom. The maximum Gasteiger partial charge on any atom is 0.256 e. The number of anilines is 4. The number of nitrogens with one attached hydrogen (secondary N) is 1. The summed E-state index contributed by atoms with van der Waals surface area (Å²) in [4.78, 5) is 22.7. The van der Waals surface area contributed by atoms with Crippen molar-refractivity contribution in [1.29, 1.82) is 0 Å². The molecule has 0 aliphatic carbocycles. The Morgan fingerprint density at radius 3 is 2.86 bits per heavy atom. The molecule has 8 nitrogen and oxygen atoms in total. The monoisotopic (exact) mass is 478 g/mol. The Balaban J connectivity index is 1.31. The molecule has 0 unspecified atom stereocenters. The van der Waals surface area contributed by atoms with E-state index < -0.39 is 6.10 Å². The number of amides is 1. The molecular weight excluding hydrogens is 444 g/mol. The van der Waals surface area contributed by atoms with Gasteiger partial charge in [0.1, 0.15) is 11.9 Å². The first kappa shape index (κ1) is 22.8. The van der Waals surface area contributed by atoms with Crippen molar-refractivity contribution in [2.45, 2.75) is 76.5 Å². The van der Waals surface area contributed by atoms with Gasteiger partial charge in [-0.1, -0.05) is 6.07 Å². The number of carbonyl (C=O) groups excluding carboxylic acids is 1. The fourth-order valence-corrected chi connectivity index (χ4v) is 5.89. The summed E-state index contributed by atoms with van der Waals surface area (Å²) in [5.74, 6) is 0.774. The lowest BCUT2D eigenvalue weighted by Crippen LogP contribution is -2.45. The number of rotatable bonds is 4. The van der Waals surface area contributed by atoms with Crippen molar-refractivity contribution in [2.75, 3.05) is 34.9 Å². The van der Waals surface area contributed by atoms with Crippen LogP contribution in [-0.2, 0) is 25.5 Å². The Bertz CT molecular complexity index is 1120. The van der Waals surface area contributed by atoms with E-state index in [9.17, 15) is 4.79 Å². The third-order valence-corrected chi connectivity index (χ3v) is 7.55. The van der Waals surface area contributed by atoms with E-state index in [1.807, 2.05) is 30.9 Å². The summed E-state index contributed by atoms with van der Waals surface area (Å²) in [7, 11) is 0. The van der Waals surface area contributed by atoms with E-state index in [1.54, 1.807) is 6.20 Å². The second-order valence-electron chi connectivity index (χ2n) is 10.7. The molecule has 2 bridgehead atoms. The predicted octanol–water partition coefficient (Wildman–Crippen LogP) is 4.01. The molecular formula is C27H34N4O4. The summed E-state index contributed by atoms with van der Waals surface area (Å²) in [5.41, 5.74) is 3.76. The molecule has 1 aromatic carbocycles. The van der Waals surface area contributed by atoms with Crippen molar-refractivity contribution in [3.8, 4) is 0 Å². The minimum Gasteiger partial charge on any atom is -0.373 e. The lowest BCUT2D eigenvalue weighted by Gasteiger charge is -2.35. The molecule has 1 N–H and O–H groups in total. The van der Waals surface area contributed by atoms with Gasteiger partial charge in [-0.05, 0) is 57.9 Å². The number of aromatic nitrogens is 1. The molecule has 3 fully saturated rings. The average Bonchev–Trinajstić information content (AvgIpc) is 3.34. The van der Waals surface area contributed by atoms with Crippen LogP contribution in [0, 0.1) is 0 Å². The minimum absolute atomic E-state index is 0.0110. The Morgan fingerprint density at radius 1 is 1.26 bits per heavy atom. The highest BCUT2D eigenvalue weighted by atomic mass is 16.5. The Hall–Kier alpha value is -2.68. The van der Waals surface area contributed by atoms with Crippen LogP contribution in [0.5, 0.6) is 0 Å². The van der Waals surface area contributed by atoms with Crippen molar-refractivity contribution >= 4 is 28.8 Å². The van der Waals surface area contributed by atoms with Crippen LogP contribution in [0.3, 0.4) is 0 Å². The number of ether oxygens (including phenoxy) is 3. The average molecular weight is 479 g/mol. The van der Waals surface area contributed by atoms with Crippen molar-refractivity contribution in [3.05, 3.63) is 42.1 Å². The molecule has 3 saturated heterocycles. The normalized spacial score (nSPS) is 29.5. The molecule has 35 heavy (non-hydrogen) atoms. The van der Waals surface area contributed by atoms with Gasteiger partial charge in [0, 0.05) is 30.4 Å². The molecule has 4 atom stereocenters. The van der Waals surface area contributed by atoms with Gasteiger partial charge in [-0.25, -0.2) is 4.98 Å². The van der Waals surface area contributed by atoms with E-state index in [0.717, 1.165) is 54.4 Å². The summed E-state index contributed by atoms with van der Waals surface area (Å²) in [6.45, 7) is 8.75. The maximum atomic E-state index is 13.9. The zero-order valence-corrected chi connectivity index (χ0v) is 20.7. The smallest absolute Gasteiger partial charge is 0.256 e. The van der Waals surface area contributed by atoms with Crippen molar-refractivity contribution < 1.29 is 19.0 Å². The van der Waals surface area contributed by atoms with E-state index >= 15 is 0 Å². The SMILES string of the molecule is CC(C)O[C@H]1CC[C@H](C(=O)N2Cc3cccnc3Nc3ccc(N4C[C@]5(C)C[C@H]4CO5)cc32)OC1. The number of morpholine rings is 1. The number of benzene rings is 1. The first-order chi connectivity index (χ1) is 16.9. The predicted molar refractivity (Wildman–Crippen MR) is 134 cm³/mol. The molecule has 1 aromatic heterocycles. The maximum absolute atomic E-state index is 13.9. The van der Waals surface area contributed by atoms with Crippen molar-refractivity contribution in [2.24, 2.45) is 0 Å². The van der Waals surface area contributed by atoms with Gasteiger partial charge < -0.3 is 29.3 Å². The lowest BCUT2D eigenvalue weighted by atomic mass is 10.0. The van der Waals surface area contributed by atoms with Crippen LogP contribution in [-0.4, -0.2) is 60.6 Å². The molecule has 1 amide bonds. The second kappa shape index (κ2) is 8.76. The topological polar surface area (TPSA) is 76.2 Å². The van der Waals surface area contributed by atoms with Crippen LogP contribution >= 0.6 is 0 Å². The van der Waals surface area contributed by atoms with Crippen LogP contribution in [0.15, 0.2) is 36.5 Å². The van der Waals surface area contributed by atoms with E-state index in [4.69, 9.17) is 14.2 Å². The van der Waals surface area contributed by atoms with Gasteiger partial charge in [-0.15, -0.1) is 0 Å². The molecule has 5 heterocycles. The number of hydrogen-bond acceptors (Lipinski definition) is 7. The number of nitrogens with zero attached hydrogens (tertiary/aromatic N) is 3. The summed E-state index contributed by atoms with van der Waals surface area (Å²) in [6, 6.07) is 10.7. The molecule has 0 saturated carbocycles. The summed E-state index contributed by atoms with van der Waals surface area (Å²) < 4.78 is 17.9. The molecule has 0 spiro atoms. The van der Waals surface area contributed by atoms with Crippen LogP contribution in [0.2, 0.25) is 0 Å². The van der Waals surface area contributed by atoms with E-state index in [1.165, 1.54) is 0 Å². The van der Waals surface area contributed by atoms with E-state index in [2.05, 4.69) is 40.3 Å². The van der Waals surface area contributed by atoms with Gasteiger partial charge in [0.15, 0.2) is 0 Å². The van der Waals surface area contributed by atoms with Gasteiger partial charge in [0.05, 0.1) is 55.0 Å². The molecule has 4 aliphatic rings. The minimum atomic E-state index is -0.480. The fraction of sp³-hybridized carbons (Fsp3) is 0.556. The van der Waals surface area contributed by atoms with Crippen LogP contribution in [0.1, 0.15) is 45.6 Å². The third-order valence-electron chi connectivity index (χ3n) is 7.55. The molecule has 2 aromatic rings. The molecule has 0 radical (unpaired) electrons. The van der Waals surface area contributed by atoms with Gasteiger partial charge in [0.25, 0.3) is 5.91 Å². The van der Waals surface area contributed by atoms with Gasteiger partial charge >= 0.3 is 0 Å². The Kier molecular flexibility index (Phi) is 5.70. The highest BCUT2D eigenvalue weighted by molar-refractivity contribution is 6.01. The van der Waals surface area contributed by atoms with Crippen LogP contribution in [0.25, 0.3) is 0 Å². The van der Waals surface area contributed by atoms with Gasteiger partial charge in [0.2, 0.25) is 0 Å². The fourth-order valence-electron chi connectivity index (χ4n) is 5.89. The number of fused-ring (bicyclic) bond motifs is 4. The van der Waals surface area contributed by atoms with E-state index in [0.29, 0.717) is 25.6 Å². The van der Waals surface area contributed by atoms with Gasteiger partial charge in [-0.2, -0.15) is 0 Å². The third kappa shape index (κ3) is 4.28. The quantitative estimate of drug-likeness (QED) is 0.712. The molecule has 4 aliphatic heterocycles. The van der Waals surface area contributed by atoms with Crippen molar-refractivity contribution in [1.82, 2.24) is 4.98 Å². The van der Waals surface area contributed by atoms with E-state index in [-0.39, 0.29) is 23.7 Å². The first-order valence-electron chi connectivity index (χ1n) is 12.7. The highest BCUT2D eigenvalue weighted by Gasteiger charge is 2.48. The Labute approximate surface area is 206 Å². The summed E-state index contributed by atoms with van der Waals surface area (Å²) >= 11 is 0. The number of hydrogen-bond donors (Lipinski definition) is 1.